The fraction of sp³-hybridized carbons (Fsp3) is 0.364. The van der Waals surface area contributed by atoms with Gasteiger partial charge in [0.2, 0.25) is 5.91 Å². The SMILES string of the molecule is CC1COC(c2ccccc2Cl)CN1C(=O)COc1ccc2c(c1)CCC(=O)N2. The number of hydrogen-bond acceptors (Lipinski definition) is 4. The molecule has 1 fully saturated rings. The van der Waals surface area contributed by atoms with Crippen LogP contribution in [0.4, 0.5) is 5.69 Å². The number of rotatable bonds is 4. The van der Waals surface area contributed by atoms with Crippen LogP contribution >= 0.6 is 11.6 Å². The van der Waals surface area contributed by atoms with Crippen molar-refractivity contribution in [2.24, 2.45) is 0 Å². The van der Waals surface area contributed by atoms with Gasteiger partial charge in [0, 0.05) is 22.7 Å². The van der Waals surface area contributed by atoms with Crippen molar-refractivity contribution in [1.82, 2.24) is 4.90 Å². The number of morpholine rings is 1. The van der Waals surface area contributed by atoms with Gasteiger partial charge in [-0.25, -0.2) is 0 Å². The molecule has 152 valence electrons. The highest BCUT2D eigenvalue weighted by atomic mass is 35.5. The molecule has 4 rings (SSSR count). The Kier molecular flexibility index (Phi) is 5.74. The number of carbonyl (C=O) groups excluding carboxylic acids is 2. The second-order valence-electron chi connectivity index (χ2n) is 7.39. The normalized spacial score (nSPS) is 21.3. The first kappa shape index (κ1) is 19.7. The quantitative estimate of drug-likeness (QED) is 0.830. The minimum Gasteiger partial charge on any atom is -0.484 e. The number of aryl methyl sites for hydroxylation is 1. The van der Waals surface area contributed by atoms with Gasteiger partial charge in [-0.2, -0.15) is 0 Å². The highest BCUT2D eigenvalue weighted by Gasteiger charge is 2.31. The maximum Gasteiger partial charge on any atom is 0.260 e. The fourth-order valence-electron chi connectivity index (χ4n) is 3.71. The van der Waals surface area contributed by atoms with E-state index in [2.05, 4.69) is 5.32 Å². The van der Waals surface area contributed by atoms with Crippen molar-refractivity contribution in [1.29, 1.82) is 0 Å². The number of fused-ring (bicyclic) bond motifs is 1. The van der Waals surface area contributed by atoms with Gasteiger partial charge in [-0.15, -0.1) is 0 Å². The van der Waals surface area contributed by atoms with Crippen LogP contribution in [0, 0.1) is 0 Å². The zero-order valence-electron chi connectivity index (χ0n) is 16.2. The van der Waals surface area contributed by atoms with E-state index in [-0.39, 0.29) is 30.6 Å². The monoisotopic (exact) mass is 414 g/mol. The third-order valence-electron chi connectivity index (χ3n) is 5.34. The summed E-state index contributed by atoms with van der Waals surface area (Å²) in [6, 6.07) is 13.0. The molecule has 0 bridgehead atoms. The topological polar surface area (TPSA) is 67.9 Å². The predicted octanol–water partition coefficient (Wildman–Crippen LogP) is 3.59. The first-order valence-electron chi connectivity index (χ1n) is 9.72. The number of hydrogen-bond donors (Lipinski definition) is 1. The van der Waals surface area contributed by atoms with E-state index in [4.69, 9.17) is 21.1 Å². The lowest BCUT2D eigenvalue weighted by Crippen LogP contribution is -2.49. The van der Waals surface area contributed by atoms with Crippen molar-refractivity contribution < 1.29 is 19.1 Å². The van der Waals surface area contributed by atoms with Crippen LogP contribution in [-0.4, -0.2) is 42.5 Å². The van der Waals surface area contributed by atoms with Gasteiger partial charge in [0.05, 0.1) is 19.2 Å². The Morgan fingerprint density at radius 2 is 2.10 bits per heavy atom. The summed E-state index contributed by atoms with van der Waals surface area (Å²) < 4.78 is 11.7. The molecule has 7 heteroatoms. The molecule has 0 aromatic heterocycles. The second kappa shape index (κ2) is 8.43. The van der Waals surface area contributed by atoms with Crippen molar-refractivity contribution in [2.75, 3.05) is 25.1 Å². The van der Waals surface area contributed by atoms with E-state index in [0.29, 0.717) is 36.8 Å². The van der Waals surface area contributed by atoms with Crippen molar-refractivity contribution in [3.8, 4) is 5.75 Å². The maximum atomic E-state index is 12.8. The van der Waals surface area contributed by atoms with Crippen LogP contribution in [0.15, 0.2) is 42.5 Å². The van der Waals surface area contributed by atoms with Crippen LogP contribution in [0.2, 0.25) is 5.02 Å². The Balaban J connectivity index is 1.40. The van der Waals surface area contributed by atoms with Crippen molar-refractivity contribution in [2.45, 2.75) is 31.9 Å². The Labute approximate surface area is 174 Å². The fourth-order valence-corrected chi connectivity index (χ4v) is 3.96. The van der Waals surface area contributed by atoms with Gasteiger partial charge in [-0.3, -0.25) is 9.59 Å². The van der Waals surface area contributed by atoms with E-state index in [1.807, 2.05) is 43.3 Å². The number of ether oxygens (including phenoxy) is 2. The average Bonchev–Trinajstić information content (AvgIpc) is 2.73. The number of carbonyl (C=O) groups is 2. The number of nitrogens with one attached hydrogen (secondary N) is 1. The standard InChI is InChI=1S/C22H23ClN2O4/c1-14-12-29-20(17-4-2-3-5-18(17)23)11-25(14)22(27)13-28-16-7-8-19-15(10-16)6-9-21(26)24-19/h2-5,7-8,10,14,20H,6,9,11-13H2,1H3,(H,24,26). The summed E-state index contributed by atoms with van der Waals surface area (Å²) in [7, 11) is 0. The smallest absolute Gasteiger partial charge is 0.260 e. The van der Waals surface area contributed by atoms with Crippen molar-refractivity contribution in [3.63, 3.8) is 0 Å². The van der Waals surface area contributed by atoms with Gasteiger partial charge in [0.1, 0.15) is 11.9 Å². The van der Waals surface area contributed by atoms with Gasteiger partial charge in [-0.05, 0) is 43.2 Å². The number of anilines is 1. The molecule has 6 nitrogen and oxygen atoms in total. The first-order chi connectivity index (χ1) is 14.0. The summed E-state index contributed by atoms with van der Waals surface area (Å²) in [5, 5.41) is 3.48. The lowest BCUT2D eigenvalue weighted by atomic mass is 10.0. The molecule has 0 aliphatic carbocycles. The summed E-state index contributed by atoms with van der Waals surface area (Å²) in [5.41, 5.74) is 2.72. The Hall–Kier alpha value is -2.57. The van der Waals surface area contributed by atoms with E-state index in [1.54, 1.807) is 11.0 Å². The molecule has 2 heterocycles. The second-order valence-corrected chi connectivity index (χ2v) is 7.80. The third-order valence-corrected chi connectivity index (χ3v) is 5.68. The number of amides is 2. The summed E-state index contributed by atoms with van der Waals surface area (Å²) in [6.07, 6.45) is 0.882. The van der Waals surface area contributed by atoms with E-state index in [9.17, 15) is 9.59 Å². The zero-order valence-corrected chi connectivity index (χ0v) is 16.9. The van der Waals surface area contributed by atoms with Gasteiger partial charge < -0.3 is 19.7 Å². The van der Waals surface area contributed by atoms with E-state index in [0.717, 1.165) is 16.8 Å². The molecular weight excluding hydrogens is 392 g/mol. The van der Waals surface area contributed by atoms with Crippen molar-refractivity contribution in [3.05, 3.63) is 58.6 Å². The van der Waals surface area contributed by atoms with Crippen LogP contribution in [-0.2, 0) is 20.7 Å². The Morgan fingerprint density at radius 1 is 1.28 bits per heavy atom. The van der Waals surface area contributed by atoms with Gasteiger partial charge in [-0.1, -0.05) is 29.8 Å². The molecule has 2 unspecified atom stereocenters. The predicted molar refractivity (Wildman–Crippen MR) is 110 cm³/mol. The molecule has 0 radical (unpaired) electrons. The highest BCUT2D eigenvalue weighted by molar-refractivity contribution is 6.31. The lowest BCUT2D eigenvalue weighted by molar-refractivity contribution is -0.146. The van der Waals surface area contributed by atoms with E-state index in [1.165, 1.54) is 0 Å². The zero-order chi connectivity index (χ0) is 20.4. The minimum absolute atomic E-state index is 0.0238. The van der Waals surface area contributed by atoms with Crippen LogP contribution < -0.4 is 10.1 Å². The van der Waals surface area contributed by atoms with Crippen molar-refractivity contribution >= 4 is 29.1 Å². The average molecular weight is 415 g/mol. The molecule has 29 heavy (non-hydrogen) atoms. The summed E-state index contributed by atoms with van der Waals surface area (Å²) in [6.45, 7) is 2.79. The van der Waals surface area contributed by atoms with Gasteiger partial charge >= 0.3 is 0 Å². The number of benzene rings is 2. The molecule has 2 aliphatic rings. The number of halogens is 1. The molecular formula is C22H23ClN2O4. The Bertz CT molecular complexity index is 933. The molecule has 2 atom stereocenters. The Morgan fingerprint density at radius 3 is 2.93 bits per heavy atom. The summed E-state index contributed by atoms with van der Waals surface area (Å²) in [4.78, 5) is 26.1. The van der Waals surface area contributed by atoms with Gasteiger partial charge in [0.15, 0.2) is 6.61 Å². The van der Waals surface area contributed by atoms with Gasteiger partial charge in [0.25, 0.3) is 5.91 Å². The lowest BCUT2D eigenvalue weighted by Gasteiger charge is -2.38. The van der Waals surface area contributed by atoms with Crippen LogP contribution in [0.25, 0.3) is 0 Å². The van der Waals surface area contributed by atoms with Crippen LogP contribution in [0.1, 0.15) is 30.6 Å². The summed E-state index contributed by atoms with van der Waals surface area (Å²) in [5.74, 6) is 0.552. The van der Waals surface area contributed by atoms with E-state index < -0.39 is 0 Å². The first-order valence-corrected chi connectivity index (χ1v) is 10.1. The molecule has 1 N–H and O–H groups in total. The molecule has 2 aromatic rings. The summed E-state index contributed by atoms with van der Waals surface area (Å²) >= 11 is 6.30. The molecule has 1 saturated heterocycles. The minimum atomic E-state index is -0.254. The van der Waals surface area contributed by atoms with Crippen LogP contribution in [0.5, 0.6) is 5.75 Å². The molecule has 0 saturated carbocycles. The molecule has 0 spiro atoms. The number of nitrogens with zero attached hydrogens (tertiary/aromatic N) is 1. The third kappa shape index (κ3) is 4.38. The maximum absolute atomic E-state index is 12.8. The van der Waals surface area contributed by atoms with Crippen LogP contribution in [0.3, 0.4) is 0 Å². The molecule has 2 aromatic carbocycles. The van der Waals surface area contributed by atoms with E-state index >= 15 is 0 Å². The molecule has 2 aliphatic heterocycles. The molecule has 2 amide bonds. The largest absolute Gasteiger partial charge is 0.484 e. The highest BCUT2D eigenvalue weighted by Crippen LogP contribution is 2.30.